The molecule has 150 valence electrons. The molecule has 0 aromatic heterocycles. The molecule has 0 heteroatoms. The largest absolute Gasteiger partial charge is 0.0622 e. The second-order valence-electron chi connectivity index (χ2n) is 8.27. The highest BCUT2D eigenvalue weighted by Crippen LogP contribution is 2.49. The first-order valence-electron chi connectivity index (χ1n) is 11.0. The molecule has 0 aliphatic rings. The average Bonchev–Trinajstić information content (AvgIpc) is 2.84. The van der Waals surface area contributed by atoms with Crippen molar-refractivity contribution < 1.29 is 0 Å². The maximum absolute atomic E-state index is 2.39. The number of benzene rings is 4. The second kappa shape index (κ2) is 9.59. The Hall–Kier alpha value is -3.12. The molecule has 0 nitrogen and oxygen atoms in total. The van der Waals surface area contributed by atoms with Gasteiger partial charge in [-0.3, -0.25) is 0 Å². The molecule has 4 aromatic carbocycles. The Labute approximate surface area is 181 Å². The minimum atomic E-state index is 0.367. The lowest BCUT2D eigenvalue weighted by molar-refractivity contribution is 0.423. The van der Waals surface area contributed by atoms with Crippen LogP contribution in [0.2, 0.25) is 0 Å². The van der Waals surface area contributed by atoms with Gasteiger partial charge in [0.05, 0.1) is 0 Å². The third-order valence-corrected chi connectivity index (χ3v) is 6.48. The van der Waals surface area contributed by atoms with Crippen molar-refractivity contribution in [2.24, 2.45) is 0 Å². The fourth-order valence-electron chi connectivity index (χ4n) is 4.89. The van der Waals surface area contributed by atoms with E-state index < -0.39 is 0 Å². The summed E-state index contributed by atoms with van der Waals surface area (Å²) in [6.45, 7) is 4.78. The van der Waals surface area contributed by atoms with Crippen molar-refractivity contribution in [3.8, 4) is 0 Å². The maximum Gasteiger partial charge on any atom is -0.00211 e. The molecule has 0 saturated carbocycles. The summed E-state index contributed by atoms with van der Waals surface area (Å²) >= 11 is 0. The van der Waals surface area contributed by atoms with Gasteiger partial charge in [-0.1, -0.05) is 135 Å². The molecule has 0 N–H and O–H groups in total. The van der Waals surface area contributed by atoms with Crippen molar-refractivity contribution in [1.82, 2.24) is 0 Å². The van der Waals surface area contributed by atoms with E-state index in [2.05, 4.69) is 135 Å². The summed E-state index contributed by atoms with van der Waals surface area (Å²) in [5, 5.41) is 0. The molecule has 0 aliphatic heterocycles. The SMILES string of the molecule is CC(c1ccccc1)C(c1ccccc1)C(c1ccccc1)C(C)c1ccccc1. The summed E-state index contributed by atoms with van der Waals surface area (Å²) in [5.41, 5.74) is 5.61. The smallest absolute Gasteiger partial charge is 0.00211 e. The summed E-state index contributed by atoms with van der Waals surface area (Å²) in [7, 11) is 0. The van der Waals surface area contributed by atoms with Crippen molar-refractivity contribution in [2.45, 2.75) is 37.5 Å². The molecule has 0 saturated heterocycles. The van der Waals surface area contributed by atoms with Crippen LogP contribution >= 0.6 is 0 Å². The first kappa shape index (κ1) is 20.2. The van der Waals surface area contributed by atoms with Crippen LogP contribution in [0.15, 0.2) is 121 Å². The zero-order chi connectivity index (χ0) is 20.8. The van der Waals surface area contributed by atoms with E-state index in [1.54, 1.807) is 0 Å². The summed E-state index contributed by atoms with van der Waals surface area (Å²) in [6.07, 6.45) is 0. The van der Waals surface area contributed by atoms with Gasteiger partial charge in [0.25, 0.3) is 0 Å². The average molecular weight is 391 g/mol. The van der Waals surface area contributed by atoms with E-state index in [0.717, 1.165) is 0 Å². The van der Waals surface area contributed by atoms with Crippen molar-refractivity contribution in [2.75, 3.05) is 0 Å². The standard InChI is InChI=1S/C30H30/c1-23(25-15-7-3-8-16-25)29(27-19-11-5-12-20-27)30(28-21-13-6-14-22-28)24(2)26-17-9-4-10-18-26/h3-24,29-30H,1-2H3. The fraction of sp³-hybridized carbons (Fsp3) is 0.200. The molecule has 0 aliphatic carbocycles. The molecule has 30 heavy (non-hydrogen) atoms. The Bertz CT molecular complexity index is 920. The fourth-order valence-corrected chi connectivity index (χ4v) is 4.89. The quantitative estimate of drug-likeness (QED) is 0.298. The van der Waals surface area contributed by atoms with Gasteiger partial charge in [-0.15, -0.1) is 0 Å². The van der Waals surface area contributed by atoms with Crippen molar-refractivity contribution >= 4 is 0 Å². The molecule has 0 amide bonds. The number of rotatable bonds is 7. The Kier molecular flexibility index (Phi) is 6.44. The van der Waals surface area contributed by atoms with Gasteiger partial charge in [0, 0.05) is 0 Å². The Balaban J connectivity index is 1.87. The van der Waals surface area contributed by atoms with Crippen molar-refractivity contribution in [3.63, 3.8) is 0 Å². The van der Waals surface area contributed by atoms with Crippen LogP contribution in [0.5, 0.6) is 0 Å². The molecule has 4 atom stereocenters. The molecule has 0 radical (unpaired) electrons. The molecule has 0 spiro atoms. The van der Waals surface area contributed by atoms with Gasteiger partial charge in [-0.2, -0.15) is 0 Å². The van der Waals surface area contributed by atoms with Gasteiger partial charge < -0.3 is 0 Å². The monoisotopic (exact) mass is 390 g/mol. The lowest BCUT2D eigenvalue weighted by Gasteiger charge is -2.37. The summed E-state index contributed by atoms with van der Waals surface area (Å²) in [4.78, 5) is 0. The van der Waals surface area contributed by atoms with Crippen molar-refractivity contribution in [1.29, 1.82) is 0 Å². The van der Waals surface area contributed by atoms with Crippen molar-refractivity contribution in [3.05, 3.63) is 144 Å². The molecular formula is C30H30. The van der Waals surface area contributed by atoms with E-state index >= 15 is 0 Å². The highest BCUT2D eigenvalue weighted by atomic mass is 14.4. The molecular weight excluding hydrogens is 360 g/mol. The maximum atomic E-state index is 2.39. The molecule has 4 aromatic rings. The van der Waals surface area contributed by atoms with E-state index in [1.807, 2.05) is 0 Å². The van der Waals surface area contributed by atoms with Gasteiger partial charge in [0.2, 0.25) is 0 Å². The predicted octanol–water partition coefficient (Wildman–Crippen LogP) is 8.16. The van der Waals surface area contributed by atoms with Gasteiger partial charge in [-0.05, 0) is 45.9 Å². The highest BCUT2D eigenvalue weighted by molar-refractivity contribution is 5.37. The van der Waals surface area contributed by atoms with Gasteiger partial charge in [-0.25, -0.2) is 0 Å². The Morgan fingerprint density at radius 3 is 0.833 bits per heavy atom. The van der Waals surface area contributed by atoms with E-state index in [0.29, 0.717) is 23.7 Å². The van der Waals surface area contributed by atoms with Gasteiger partial charge in [0.1, 0.15) is 0 Å². The first-order valence-corrected chi connectivity index (χ1v) is 11.0. The molecule has 0 fully saturated rings. The molecule has 4 rings (SSSR count). The Morgan fingerprint density at radius 1 is 0.333 bits per heavy atom. The second-order valence-corrected chi connectivity index (χ2v) is 8.27. The minimum absolute atomic E-state index is 0.367. The number of hydrogen-bond acceptors (Lipinski definition) is 0. The Morgan fingerprint density at radius 2 is 0.567 bits per heavy atom. The topological polar surface area (TPSA) is 0 Å². The third-order valence-electron chi connectivity index (χ3n) is 6.48. The van der Waals surface area contributed by atoms with Gasteiger partial charge >= 0.3 is 0 Å². The van der Waals surface area contributed by atoms with Crippen LogP contribution < -0.4 is 0 Å². The predicted molar refractivity (Wildman–Crippen MR) is 128 cm³/mol. The molecule has 0 heterocycles. The summed E-state index contributed by atoms with van der Waals surface area (Å²) in [6, 6.07) is 44.1. The van der Waals surface area contributed by atoms with Gasteiger partial charge in [0.15, 0.2) is 0 Å². The lowest BCUT2D eigenvalue weighted by atomic mass is 9.66. The van der Waals surface area contributed by atoms with E-state index in [9.17, 15) is 0 Å². The van der Waals surface area contributed by atoms with Crippen LogP contribution in [0, 0.1) is 0 Å². The number of hydrogen-bond donors (Lipinski definition) is 0. The minimum Gasteiger partial charge on any atom is -0.0622 e. The normalized spacial score (nSPS) is 15.1. The third kappa shape index (κ3) is 4.39. The van der Waals surface area contributed by atoms with Crippen LogP contribution in [0.25, 0.3) is 0 Å². The van der Waals surface area contributed by atoms with Crippen LogP contribution in [0.3, 0.4) is 0 Å². The lowest BCUT2D eigenvalue weighted by Crippen LogP contribution is -2.22. The zero-order valence-corrected chi connectivity index (χ0v) is 17.9. The van der Waals surface area contributed by atoms with E-state index in [-0.39, 0.29) is 0 Å². The highest BCUT2D eigenvalue weighted by Gasteiger charge is 2.34. The first-order chi connectivity index (χ1) is 14.8. The van der Waals surface area contributed by atoms with Crippen LogP contribution in [-0.4, -0.2) is 0 Å². The summed E-state index contributed by atoms with van der Waals surface area (Å²) < 4.78 is 0. The summed E-state index contributed by atoms with van der Waals surface area (Å²) in [5.74, 6) is 1.52. The molecule has 0 bridgehead atoms. The zero-order valence-electron chi connectivity index (χ0n) is 17.9. The molecule has 4 unspecified atom stereocenters. The van der Waals surface area contributed by atoms with Crippen LogP contribution in [-0.2, 0) is 0 Å². The van der Waals surface area contributed by atoms with Crippen LogP contribution in [0.4, 0.5) is 0 Å². The van der Waals surface area contributed by atoms with E-state index in [4.69, 9.17) is 0 Å². The van der Waals surface area contributed by atoms with Crippen LogP contribution in [0.1, 0.15) is 59.8 Å². The van der Waals surface area contributed by atoms with E-state index in [1.165, 1.54) is 22.3 Å².